The number of hydrogen-bond donors (Lipinski definition) is 0. The third-order valence-electron chi connectivity index (χ3n) is 3.06. The molecule has 2 aromatic rings. The highest BCUT2D eigenvalue weighted by atomic mass is 16.6. The predicted molar refractivity (Wildman–Crippen MR) is 69.0 cm³/mol. The lowest BCUT2D eigenvalue weighted by Crippen LogP contribution is -2.06. The van der Waals surface area contributed by atoms with Gasteiger partial charge in [0.2, 0.25) is 0 Å². The molecule has 0 unspecified atom stereocenters. The summed E-state index contributed by atoms with van der Waals surface area (Å²) in [5.41, 5.74) is 0.977. The summed E-state index contributed by atoms with van der Waals surface area (Å²) >= 11 is 0. The van der Waals surface area contributed by atoms with Gasteiger partial charge in [-0.15, -0.1) is 0 Å². The van der Waals surface area contributed by atoms with Crippen molar-refractivity contribution < 1.29 is 18.6 Å². The van der Waals surface area contributed by atoms with Crippen LogP contribution in [0.25, 0.3) is 11.0 Å². The summed E-state index contributed by atoms with van der Waals surface area (Å²) in [5, 5.41) is 0.840. The van der Waals surface area contributed by atoms with E-state index in [-0.39, 0.29) is 11.7 Å². The zero-order valence-electron chi connectivity index (χ0n) is 10.8. The highest BCUT2D eigenvalue weighted by molar-refractivity contribution is 5.83. The van der Waals surface area contributed by atoms with Crippen LogP contribution in [0.4, 0.5) is 0 Å². The molecular weight excluding hydrogens is 248 g/mol. The maximum absolute atomic E-state index is 11.4. The molecule has 2 heterocycles. The number of methoxy groups -OCH3 is 1. The SMILES string of the molecule is COc1cc2oc(=O)cc(C)c2cc1OC[C@@H]1CO1. The van der Waals surface area contributed by atoms with Crippen molar-refractivity contribution in [1.82, 2.24) is 0 Å². The predicted octanol–water partition coefficient (Wildman–Crippen LogP) is 1.89. The van der Waals surface area contributed by atoms with Crippen molar-refractivity contribution in [1.29, 1.82) is 0 Å². The standard InChI is InChI=1S/C14H14O5/c1-8-3-14(15)19-11-5-12(16-2)13(4-10(8)11)18-7-9-6-17-9/h3-5,9H,6-7H2,1-2H3/t9-/m0/s1. The Morgan fingerprint density at radius 2 is 2.11 bits per heavy atom. The van der Waals surface area contributed by atoms with Gasteiger partial charge in [0.25, 0.3) is 0 Å². The molecule has 5 nitrogen and oxygen atoms in total. The van der Waals surface area contributed by atoms with Crippen LogP contribution in [0, 0.1) is 6.92 Å². The number of epoxide rings is 1. The average molecular weight is 262 g/mol. The molecule has 1 aromatic heterocycles. The Morgan fingerprint density at radius 3 is 2.79 bits per heavy atom. The fourth-order valence-electron chi connectivity index (χ4n) is 1.95. The van der Waals surface area contributed by atoms with Gasteiger partial charge in [-0.25, -0.2) is 4.79 Å². The summed E-state index contributed by atoms with van der Waals surface area (Å²) in [7, 11) is 1.55. The van der Waals surface area contributed by atoms with Crippen LogP contribution in [0.15, 0.2) is 27.4 Å². The molecule has 1 aliphatic heterocycles. The van der Waals surface area contributed by atoms with Crippen molar-refractivity contribution in [2.75, 3.05) is 20.3 Å². The summed E-state index contributed by atoms with van der Waals surface area (Å²) in [5.74, 6) is 1.17. The van der Waals surface area contributed by atoms with Gasteiger partial charge in [0.1, 0.15) is 18.3 Å². The van der Waals surface area contributed by atoms with Gasteiger partial charge >= 0.3 is 5.63 Å². The molecule has 0 spiro atoms. The van der Waals surface area contributed by atoms with Gasteiger partial charge in [-0.2, -0.15) is 0 Å². The normalized spacial score (nSPS) is 17.5. The van der Waals surface area contributed by atoms with E-state index in [0.29, 0.717) is 23.7 Å². The van der Waals surface area contributed by atoms with Crippen LogP contribution in [-0.2, 0) is 4.74 Å². The Balaban J connectivity index is 2.06. The summed E-state index contributed by atoms with van der Waals surface area (Å²) < 4.78 is 21.2. The Bertz CT molecular complexity index is 669. The zero-order valence-corrected chi connectivity index (χ0v) is 10.8. The van der Waals surface area contributed by atoms with E-state index in [0.717, 1.165) is 17.6 Å². The second-order valence-corrected chi connectivity index (χ2v) is 4.51. The van der Waals surface area contributed by atoms with Crippen LogP contribution in [-0.4, -0.2) is 26.4 Å². The van der Waals surface area contributed by atoms with E-state index >= 15 is 0 Å². The highest BCUT2D eigenvalue weighted by Crippen LogP contribution is 2.33. The molecule has 0 N–H and O–H groups in total. The van der Waals surface area contributed by atoms with E-state index in [1.165, 1.54) is 6.07 Å². The van der Waals surface area contributed by atoms with Crippen molar-refractivity contribution in [2.45, 2.75) is 13.0 Å². The fourth-order valence-corrected chi connectivity index (χ4v) is 1.95. The monoisotopic (exact) mass is 262 g/mol. The van der Waals surface area contributed by atoms with E-state index in [1.807, 2.05) is 13.0 Å². The number of benzene rings is 1. The maximum Gasteiger partial charge on any atom is 0.336 e. The third kappa shape index (κ3) is 2.42. The lowest BCUT2D eigenvalue weighted by Gasteiger charge is -2.11. The molecule has 100 valence electrons. The van der Waals surface area contributed by atoms with Crippen molar-refractivity contribution in [3.63, 3.8) is 0 Å². The second kappa shape index (κ2) is 4.59. The number of hydrogen-bond acceptors (Lipinski definition) is 5. The highest BCUT2D eigenvalue weighted by Gasteiger charge is 2.24. The molecule has 0 radical (unpaired) electrons. The van der Waals surface area contributed by atoms with E-state index in [1.54, 1.807) is 13.2 Å². The van der Waals surface area contributed by atoms with E-state index in [2.05, 4.69) is 0 Å². The van der Waals surface area contributed by atoms with Crippen molar-refractivity contribution in [3.05, 3.63) is 34.2 Å². The first-order chi connectivity index (χ1) is 9.17. The smallest absolute Gasteiger partial charge is 0.336 e. The van der Waals surface area contributed by atoms with Crippen molar-refractivity contribution in [2.24, 2.45) is 0 Å². The molecule has 5 heteroatoms. The van der Waals surface area contributed by atoms with E-state index in [4.69, 9.17) is 18.6 Å². The first-order valence-electron chi connectivity index (χ1n) is 6.04. The van der Waals surface area contributed by atoms with Gasteiger partial charge in [0.15, 0.2) is 11.5 Å². The minimum atomic E-state index is -0.368. The lowest BCUT2D eigenvalue weighted by molar-refractivity contribution is 0.252. The van der Waals surface area contributed by atoms with Gasteiger partial charge in [-0.1, -0.05) is 0 Å². The van der Waals surface area contributed by atoms with Crippen LogP contribution in [0.3, 0.4) is 0 Å². The molecular formula is C14H14O5. The average Bonchev–Trinajstić information content (AvgIpc) is 3.19. The molecule has 0 saturated carbocycles. The quantitative estimate of drug-likeness (QED) is 0.622. The van der Waals surface area contributed by atoms with E-state index < -0.39 is 0 Å². The Kier molecular flexibility index (Phi) is 2.91. The van der Waals surface area contributed by atoms with Crippen LogP contribution >= 0.6 is 0 Å². The maximum atomic E-state index is 11.4. The van der Waals surface area contributed by atoms with Crippen LogP contribution in [0.5, 0.6) is 11.5 Å². The van der Waals surface area contributed by atoms with Crippen molar-refractivity contribution >= 4 is 11.0 Å². The van der Waals surface area contributed by atoms with E-state index in [9.17, 15) is 4.79 Å². The molecule has 1 aliphatic rings. The first-order valence-corrected chi connectivity index (χ1v) is 6.04. The topological polar surface area (TPSA) is 61.2 Å². The minimum Gasteiger partial charge on any atom is -0.493 e. The molecule has 1 aromatic carbocycles. The fraction of sp³-hybridized carbons (Fsp3) is 0.357. The van der Waals surface area contributed by atoms with Crippen LogP contribution in [0.1, 0.15) is 5.56 Å². The van der Waals surface area contributed by atoms with Gasteiger partial charge in [-0.3, -0.25) is 0 Å². The van der Waals surface area contributed by atoms with Gasteiger partial charge in [0, 0.05) is 17.5 Å². The molecule has 1 atom stereocenters. The molecule has 0 amide bonds. The molecule has 3 rings (SSSR count). The van der Waals surface area contributed by atoms with Gasteiger partial charge in [0.05, 0.1) is 13.7 Å². The molecule has 0 aliphatic carbocycles. The van der Waals surface area contributed by atoms with Gasteiger partial charge in [-0.05, 0) is 18.6 Å². The number of ether oxygens (including phenoxy) is 3. The minimum absolute atomic E-state index is 0.176. The molecule has 19 heavy (non-hydrogen) atoms. The van der Waals surface area contributed by atoms with Crippen molar-refractivity contribution in [3.8, 4) is 11.5 Å². The Hall–Kier alpha value is -2.01. The molecule has 1 fully saturated rings. The van der Waals surface area contributed by atoms with Crippen LogP contribution in [0.2, 0.25) is 0 Å². The summed E-state index contributed by atoms with van der Waals surface area (Å²) in [6.07, 6.45) is 0.176. The van der Waals surface area contributed by atoms with Gasteiger partial charge < -0.3 is 18.6 Å². The molecule has 0 bridgehead atoms. The third-order valence-corrected chi connectivity index (χ3v) is 3.06. The second-order valence-electron chi connectivity index (χ2n) is 4.51. The summed E-state index contributed by atoms with van der Waals surface area (Å²) in [6, 6.07) is 4.96. The summed E-state index contributed by atoms with van der Waals surface area (Å²) in [4.78, 5) is 11.4. The first kappa shape index (κ1) is 12.0. The number of fused-ring (bicyclic) bond motifs is 1. The van der Waals surface area contributed by atoms with Crippen LogP contribution < -0.4 is 15.1 Å². The largest absolute Gasteiger partial charge is 0.493 e. The number of rotatable bonds is 4. The zero-order chi connectivity index (χ0) is 13.4. The Morgan fingerprint density at radius 1 is 1.32 bits per heavy atom. The number of aryl methyl sites for hydroxylation is 1. The summed E-state index contributed by atoms with van der Waals surface area (Å²) in [6.45, 7) is 3.10. The Labute approximate surface area is 109 Å². The lowest BCUT2D eigenvalue weighted by atomic mass is 10.1. The molecule has 1 saturated heterocycles.